The SMILES string of the molecule is NC(=O)c1ccc(CSc2nncn2-c2cccc(Cl)c2)cc1. The van der Waals surface area contributed by atoms with Crippen LogP contribution < -0.4 is 5.73 Å². The van der Waals surface area contributed by atoms with Crippen molar-refractivity contribution in [3.8, 4) is 5.69 Å². The van der Waals surface area contributed by atoms with E-state index in [4.69, 9.17) is 17.3 Å². The number of rotatable bonds is 5. The van der Waals surface area contributed by atoms with E-state index in [0.717, 1.165) is 16.4 Å². The number of benzene rings is 2. The molecule has 23 heavy (non-hydrogen) atoms. The number of thioether (sulfide) groups is 1. The van der Waals surface area contributed by atoms with Gasteiger partial charge in [-0.2, -0.15) is 0 Å². The fourth-order valence-corrected chi connectivity index (χ4v) is 3.11. The molecule has 0 fully saturated rings. The molecule has 0 aliphatic rings. The number of primary amides is 1. The molecule has 116 valence electrons. The minimum atomic E-state index is -0.426. The molecule has 1 heterocycles. The zero-order chi connectivity index (χ0) is 16.2. The zero-order valence-electron chi connectivity index (χ0n) is 12.0. The Morgan fingerprint density at radius 1 is 1.22 bits per heavy atom. The average Bonchev–Trinajstić information content (AvgIpc) is 3.02. The quantitative estimate of drug-likeness (QED) is 0.720. The molecular weight excluding hydrogens is 332 g/mol. The van der Waals surface area contributed by atoms with Crippen LogP contribution in [0.3, 0.4) is 0 Å². The molecule has 1 amide bonds. The van der Waals surface area contributed by atoms with Crippen molar-refractivity contribution in [3.05, 3.63) is 71.0 Å². The molecule has 1 aromatic heterocycles. The number of carbonyl (C=O) groups excluding carboxylic acids is 1. The average molecular weight is 345 g/mol. The maximum absolute atomic E-state index is 11.1. The molecule has 0 atom stereocenters. The predicted molar refractivity (Wildman–Crippen MR) is 90.9 cm³/mol. The molecule has 0 spiro atoms. The van der Waals surface area contributed by atoms with Gasteiger partial charge in [0.25, 0.3) is 0 Å². The van der Waals surface area contributed by atoms with Crippen LogP contribution in [-0.2, 0) is 5.75 Å². The summed E-state index contributed by atoms with van der Waals surface area (Å²) < 4.78 is 1.88. The van der Waals surface area contributed by atoms with Gasteiger partial charge in [-0.3, -0.25) is 9.36 Å². The summed E-state index contributed by atoms with van der Waals surface area (Å²) in [6.07, 6.45) is 1.66. The van der Waals surface area contributed by atoms with E-state index < -0.39 is 5.91 Å². The lowest BCUT2D eigenvalue weighted by Gasteiger charge is -2.07. The molecule has 0 aliphatic heterocycles. The van der Waals surface area contributed by atoms with Crippen molar-refractivity contribution in [1.29, 1.82) is 0 Å². The normalized spacial score (nSPS) is 10.7. The Morgan fingerprint density at radius 2 is 2.00 bits per heavy atom. The third-order valence-corrected chi connectivity index (χ3v) is 4.46. The number of nitrogens with zero attached hydrogens (tertiary/aromatic N) is 3. The van der Waals surface area contributed by atoms with Crippen LogP contribution in [0.4, 0.5) is 0 Å². The standard InChI is InChI=1S/C16H13ClN4OS/c17-13-2-1-3-14(8-13)21-10-19-20-16(21)23-9-11-4-6-12(7-5-11)15(18)22/h1-8,10H,9H2,(H2,18,22). The lowest BCUT2D eigenvalue weighted by molar-refractivity contribution is 0.100. The second kappa shape index (κ2) is 6.85. The Kier molecular flexibility index (Phi) is 4.64. The van der Waals surface area contributed by atoms with Crippen molar-refractivity contribution >= 4 is 29.3 Å². The number of carbonyl (C=O) groups is 1. The van der Waals surface area contributed by atoms with Gasteiger partial charge in [-0.1, -0.05) is 41.6 Å². The van der Waals surface area contributed by atoms with Gasteiger partial charge in [-0.05, 0) is 35.9 Å². The van der Waals surface area contributed by atoms with Crippen molar-refractivity contribution in [2.45, 2.75) is 10.9 Å². The molecule has 0 radical (unpaired) electrons. The highest BCUT2D eigenvalue weighted by Crippen LogP contribution is 2.24. The minimum absolute atomic E-state index is 0.426. The van der Waals surface area contributed by atoms with Gasteiger partial charge < -0.3 is 5.73 Å². The summed E-state index contributed by atoms with van der Waals surface area (Å²) in [5.41, 5.74) is 7.72. The highest BCUT2D eigenvalue weighted by atomic mass is 35.5. The molecule has 0 saturated heterocycles. The van der Waals surface area contributed by atoms with E-state index in [-0.39, 0.29) is 0 Å². The lowest BCUT2D eigenvalue weighted by atomic mass is 10.1. The van der Waals surface area contributed by atoms with Gasteiger partial charge in [-0.25, -0.2) is 0 Å². The van der Waals surface area contributed by atoms with Crippen LogP contribution in [0.5, 0.6) is 0 Å². The van der Waals surface area contributed by atoms with Gasteiger partial charge >= 0.3 is 0 Å². The van der Waals surface area contributed by atoms with Crippen LogP contribution in [-0.4, -0.2) is 20.7 Å². The number of hydrogen-bond donors (Lipinski definition) is 1. The molecule has 0 saturated carbocycles. The summed E-state index contributed by atoms with van der Waals surface area (Å²) >= 11 is 7.58. The van der Waals surface area contributed by atoms with Gasteiger partial charge in [0.15, 0.2) is 5.16 Å². The maximum Gasteiger partial charge on any atom is 0.248 e. The van der Waals surface area contributed by atoms with E-state index in [1.54, 1.807) is 30.2 Å². The van der Waals surface area contributed by atoms with E-state index in [1.165, 1.54) is 0 Å². The topological polar surface area (TPSA) is 73.8 Å². The Morgan fingerprint density at radius 3 is 2.70 bits per heavy atom. The number of nitrogens with two attached hydrogens (primary N) is 1. The van der Waals surface area contributed by atoms with Crippen LogP contribution in [0, 0.1) is 0 Å². The van der Waals surface area contributed by atoms with E-state index in [1.807, 2.05) is 41.0 Å². The van der Waals surface area contributed by atoms with E-state index >= 15 is 0 Å². The molecule has 0 unspecified atom stereocenters. The first-order valence-corrected chi connectivity index (χ1v) is 8.17. The fraction of sp³-hybridized carbons (Fsp3) is 0.0625. The lowest BCUT2D eigenvalue weighted by Crippen LogP contribution is -2.10. The molecule has 2 N–H and O–H groups in total. The first-order chi connectivity index (χ1) is 11.1. The molecule has 3 rings (SSSR count). The van der Waals surface area contributed by atoms with Crippen LogP contribution in [0.1, 0.15) is 15.9 Å². The zero-order valence-corrected chi connectivity index (χ0v) is 13.6. The predicted octanol–water partition coefficient (Wildman–Crippen LogP) is 3.31. The van der Waals surface area contributed by atoms with Crippen LogP contribution in [0.25, 0.3) is 5.69 Å². The van der Waals surface area contributed by atoms with E-state index in [9.17, 15) is 4.79 Å². The van der Waals surface area contributed by atoms with Crippen LogP contribution in [0.15, 0.2) is 60.0 Å². The summed E-state index contributed by atoms with van der Waals surface area (Å²) in [5.74, 6) is 0.281. The maximum atomic E-state index is 11.1. The minimum Gasteiger partial charge on any atom is -0.366 e. The molecule has 0 bridgehead atoms. The Labute approximate surface area is 142 Å². The third kappa shape index (κ3) is 3.72. The smallest absolute Gasteiger partial charge is 0.248 e. The fourth-order valence-electron chi connectivity index (χ4n) is 2.04. The molecule has 7 heteroatoms. The summed E-state index contributed by atoms with van der Waals surface area (Å²) in [6.45, 7) is 0. The second-order valence-corrected chi connectivity index (χ2v) is 6.19. The molecule has 3 aromatic rings. The molecular formula is C16H13ClN4OS. The van der Waals surface area contributed by atoms with Gasteiger partial charge in [0.1, 0.15) is 6.33 Å². The van der Waals surface area contributed by atoms with Crippen molar-refractivity contribution in [1.82, 2.24) is 14.8 Å². The number of hydrogen-bond acceptors (Lipinski definition) is 4. The van der Waals surface area contributed by atoms with Crippen molar-refractivity contribution < 1.29 is 4.79 Å². The first kappa shape index (κ1) is 15.6. The number of halogens is 1. The first-order valence-electron chi connectivity index (χ1n) is 6.81. The highest BCUT2D eigenvalue weighted by Gasteiger charge is 2.08. The van der Waals surface area contributed by atoms with E-state index in [2.05, 4.69) is 10.2 Å². The third-order valence-electron chi connectivity index (χ3n) is 3.21. The van der Waals surface area contributed by atoms with Gasteiger partial charge in [0.2, 0.25) is 5.91 Å². The van der Waals surface area contributed by atoms with Gasteiger partial charge in [0, 0.05) is 16.3 Å². The number of aromatic nitrogens is 3. The van der Waals surface area contributed by atoms with Crippen LogP contribution >= 0.6 is 23.4 Å². The molecule has 2 aromatic carbocycles. The number of amides is 1. The van der Waals surface area contributed by atoms with Crippen molar-refractivity contribution in [3.63, 3.8) is 0 Å². The van der Waals surface area contributed by atoms with Crippen LogP contribution in [0.2, 0.25) is 5.02 Å². The largest absolute Gasteiger partial charge is 0.366 e. The Hall–Kier alpha value is -2.31. The summed E-state index contributed by atoms with van der Waals surface area (Å²) in [6, 6.07) is 14.7. The van der Waals surface area contributed by atoms with Gasteiger partial charge in [-0.15, -0.1) is 10.2 Å². The van der Waals surface area contributed by atoms with Crippen molar-refractivity contribution in [2.75, 3.05) is 0 Å². The van der Waals surface area contributed by atoms with Crippen molar-refractivity contribution in [2.24, 2.45) is 5.73 Å². The van der Waals surface area contributed by atoms with Gasteiger partial charge in [0.05, 0.1) is 5.69 Å². The molecule has 5 nitrogen and oxygen atoms in total. The summed E-state index contributed by atoms with van der Waals surface area (Å²) in [5, 5.41) is 9.54. The summed E-state index contributed by atoms with van der Waals surface area (Å²) in [7, 11) is 0. The monoisotopic (exact) mass is 344 g/mol. The Balaban J connectivity index is 1.74. The molecule has 0 aliphatic carbocycles. The van der Waals surface area contributed by atoms with E-state index in [0.29, 0.717) is 16.3 Å². The highest BCUT2D eigenvalue weighted by molar-refractivity contribution is 7.98. The Bertz CT molecular complexity index is 832. The second-order valence-electron chi connectivity index (χ2n) is 4.81. The summed E-state index contributed by atoms with van der Waals surface area (Å²) in [4.78, 5) is 11.1.